The Morgan fingerprint density at radius 1 is 1.47 bits per heavy atom. The van der Waals surface area contributed by atoms with E-state index in [1.165, 1.54) is 0 Å². The standard InChI is InChI=1S/C10H13NO3S/c1-2-15(12,13)8-3-4-10-9(7-8)11-5-6-14-10/h3-4,7,11H,2,5-6H2,1H3. The lowest BCUT2D eigenvalue weighted by atomic mass is 10.2. The summed E-state index contributed by atoms with van der Waals surface area (Å²) in [5.74, 6) is 0.837. The molecule has 2 rings (SSSR count). The van der Waals surface area contributed by atoms with Crippen LogP contribution in [-0.4, -0.2) is 27.3 Å². The first kappa shape index (κ1) is 10.3. The summed E-state index contributed by atoms with van der Waals surface area (Å²) >= 11 is 0. The van der Waals surface area contributed by atoms with Gasteiger partial charge in [0.1, 0.15) is 12.4 Å². The molecule has 0 unspecified atom stereocenters. The van der Waals surface area contributed by atoms with Crippen LogP contribution in [0.5, 0.6) is 5.75 Å². The minimum atomic E-state index is -3.13. The van der Waals surface area contributed by atoms with E-state index in [2.05, 4.69) is 5.32 Å². The highest BCUT2D eigenvalue weighted by molar-refractivity contribution is 7.91. The van der Waals surface area contributed by atoms with Gasteiger partial charge in [-0.3, -0.25) is 0 Å². The van der Waals surface area contributed by atoms with Gasteiger partial charge in [0.2, 0.25) is 0 Å². The van der Waals surface area contributed by atoms with E-state index < -0.39 is 9.84 Å². The van der Waals surface area contributed by atoms with Gasteiger partial charge >= 0.3 is 0 Å². The molecule has 0 saturated heterocycles. The first-order valence-corrected chi connectivity index (χ1v) is 6.52. The molecule has 0 bridgehead atoms. The first-order valence-electron chi connectivity index (χ1n) is 4.87. The topological polar surface area (TPSA) is 55.4 Å². The number of hydrogen-bond donors (Lipinski definition) is 1. The van der Waals surface area contributed by atoms with Crippen LogP contribution in [0.1, 0.15) is 6.92 Å². The number of anilines is 1. The molecule has 82 valence electrons. The zero-order valence-corrected chi connectivity index (χ0v) is 9.30. The van der Waals surface area contributed by atoms with E-state index in [9.17, 15) is 8.42 Å². The van der Waals surface area contributed by atoms with Gasteiger partial charge in [0.15, 0.2) is 9.84 Å². The second-order valence-electron chi connectivity index (χ2n) is 3.34. The number of nitrogens with one attached hydrogen (secondary N) is 1. The number of fused-ring (bicyclic) bond motifs is 1. The molecule has 0 spiro atoms. The molecule has 1 aromatic rings. The molecule has 1 N–H and O–H groups in total. The summed E-state index contributed by atoms with van der Waals surface area (Å²) < 4.78 is 28.6. The average molecular weight is 227 g/mol. The fraction of sp³-hybridized carbons (Fsp3) is 0.400. The smallest absolute Gasteiger partial charge is 0.178 e. The largest absolute Gasteiger partial charge is 0.490 e. The number of sulfone groups is 1. The average Bonchev–Trinajstić information content (AvgIpc) is 2.28. The van der Waals surface area contributed by atoms with E-state index >= 15 is 0 Å². The van der Waals surface area contributed by atoms with Crippen LogP contribution in [0.4, 0.5) is 5.69 Å². The Kier molecular flexibility index (Phi) is 2.56. The molecular weight excluding hydrogens is 214 g/mol. The van der Waals surface area contributed by atoms with Gasteiger partial charge in [-0.1, -0.05) is 6.92 Å². The molecule has 0 amide bonds. The van der Waals surface area contributed by atoms with Crippen LogP contribution < -0.4 is 10.1 Å². The summed E-state index contributed by atoms with van der Waals surface area (Å²) in [7, 11) is -3.13. The molecule has 0 radical (unpaired) electrons. The molecule has 0 aromatic heterocycles. The van der Waals surface area contributed by atoms with E-state index in [4.69, 9.17) is 4.74 Å². The van der Waals surface area contributed by atoms with E-state index in [-0.39, 0.29) is 5.75 Å². The van der Waals surface area contributed by atoms with Crippen LogP contribution in [0.15, 0.2) is 23.1 Å². The van der Waals surface area contributed by atoms with Gasteiger partial charge in [-0.15, -0.1) is 0 Å². The lowest BCUT2D eigenvalue weighted by molar-refractivity contribution is 0.323. The van der Waals surface area contributed by atoms with Crippen molar-refractivity contribution in [1.29, 1.82) is 0 Å². The van der Waals surface area contributed by atoms with E-state index in [0.29, 0.717) is 18.0 Å². The lowest BCUT2D eigenvalue weighted by Crippen LogP contribution is -2.18. The van der Waals surface area contributed by atoms with Crippen LogP contribution in [0, 0.1) is 0 Å². The molecule has 0 aliphatic carbocycles. The number of rotatable bonds is 2. The maximum atomic E-state index is 11.6. The zero-order valence-electron chi connectivity index (χ0n) is 8.49. The quantitative estimate of drug-likeness (QED) is 0.827. The van der Waals surface area contributed by atoms with Crippen LogP contribution in [-0.2, 0) is 9.84 Å². The molecule has 0 saturated carbocycles. The summed E-state index contributed by atoms with van der Waals surface area (Å²) in [5.41, 5.74) is 0.760. The Labute approximate surface area is 89.2 Å². The Hall–Kier alpha value is -1.23. The predicted molar refractivity (Wildman–Crippen MR) is 58.2 cm³/mol. The molecule has 1 aromatic carbocycles. The van der Waals surface area contributed by atoms with Gasteiger partial charge in [0, 0.05) is 6.54 Å². The van der Waals surface area contributed by atoms with Crippen LogP contribution in [0.2, 0.25) is 0 Å². The summed E-state index contributed by atoms with van der Waals surface area (Å²) in [5, 5.41) is 3.11. The number of ether oxygens (including phenoxy) is 1. The van der Waals surface area contributed by atoms with Crippen molar-refractivity contribution >= 4 is 15.5 Å². The van der Waals surface area contributed by atoms with E-state index in [1.807, 2.05) is 0 Å². The van der Waals surface area contributed by atoms with Crippen molar-refractivity contribution in [3.05, 3.63) is 18.2 Å². The van der Waals surface area contributed by atoms with Gasteiger partial charge in [0.05, 0.1) is 16.3 Å². The van der Waals surface area contributed by atoms with Gasteiger partial charge in [-0.25, -0.2) is 8.42 Å². The molecule has 5 heteroatoms. The predicted octanol–water partition coefficient (Wildman–Crippen LogP) is 1.28. The SMILES string of the molecule is CCS(=O)(=O)c1ccc2c(c1)NCCO2. The Morgan fingerprint density at radius 3 is 3.00 bits per heavy atom. The highest BCUT2D eigenvalue weighted by Crippen LogP contribution is 2.29. The molecule has 1 aliphatic rings. The third-order valence-electron chi connectivity index (χ3n) is 2.37. The zero-order chi connectivity index (χ0) is 10.9. The van der Waals surface area contributed by atoms with Crippen molar-refractivity contribution in [2.24, 2.45) is 0 Å². The maximum Gasteiger partial charge on any atom is 0.178 e. The lowest BCUT2D eigenvalue weighted by Gasteiger charge is -2.19. The van der Waals surface area contributed by atoms with Crippen molar-refractivity contribution < 1.29 is 13.2 Å². The summed E-state index contributed by atoms with van der Waals surface area (Å²) in [6, 6.07) is 4.92. The summed E-state index contributed by atoms with van der Waals surface area (Å²) in [6.07, 6.45) is 0. The molecule has 0 atom stereocenters. The molecule has 1 aliphatic heterocycles. The minimum absolute atomic E-state index is 0.118. The maximum absolute atomic E-state index is 11.6. The fourth-order valence-corrected chi connectivity index (χ4v) is 2.39. The fourth-order valence-electron chi connectivity index (χ4n) is 1.48. The number of hydrogen-bond acceptors (Lipinski definition) is 4. The minimum Gasteiger partial charge on any atom is -0.490 e. The van der Waals surface area contributed by atoms with Crippen molar-refractivity contribution in [2.45, 2.75) is 11.8 Å². The van der Waals surface area contributed by atoms with Crippen molar-refractivity contribution in [2.75, 3.05) is 24.2 Å². The van der Waals surface area contributed by atoms with Gasteiger partial charge in [-0.2, -0.15) is 0 Å². The molecule has 4 nitrogen and oxygen atoms in total. The highest BCUT2D eigenvalue weighted by Gasteiger charge is 2.16. The van der Waals surface area contributed by atoms with Crippen molar-refractivity contribution in [1.82, 2.24) is 0 Å². The van der Waals surface area contributed by atoms with E-state index in [1.54, 1.807) is 25.1 Å². The normalized spacial score (nSPS) is 15.0. The molecule has 0 fully saturated rings. The third-order valence-corrected chi connectivity index (χ3v) is 4.10. The van der Waals surface area contributed by atoms with Crippen LogP contribution in [0.25, 0.3) is 0 Å². The van der Waals surface area contributed by atoms with Gasteiger partial charge in [0.25, 0.3) is 0 Å². The van der Waals surface area contributed by atoms with Gasteiger partial charge < -0.3 is 10.1 Å². The second kappa shape index (κ2) is 3.73. The molecular formula is C10H13NO3S. The van der Waals surface area contributed by atoms with Crippen molar-refractivity contribution in [3.8, 4) is 5.75 Å². The summed E-state index contributed by atoms with van der Waals surface area (Å²) in [4.78, 5) is 0.349. The van der Waals surface area contributed by atoms with Gasteiger partial charge in [-0.05, 0) is 18.2 Å². The van der Waals surface area contributed by atoms with E-state index in [0.717, 1.165) is 11.4 Å². The number of benzene rings is 1. The highest BCUT2D eigenvalue weighted by atomic mass is 32.2. The van der Waals surface area contributed by atoms with Crippen LogP contribution >= 0.6 is 0 Å². The van der Waals surface area contributed by atoms with Crippen LogP contribution in [0.3, 0.4) is 0 Å². The monoisotopic (exact) mass is 227 g/mol. The Balaban J connectivity index is 2.45. The third kappa shape index (κ3) is 1.92. The second-order valence-corrected chi connectivity index (χ2v) is 5.61. The molecule has 1 heterocycles. The van der Waals surface area contributed by atoms with Crippen molar-refractivity contribution in [3.63, 3.8) is 0 Å². The Morgan fingerprint density at radius 2 is 2.27 bits per heavy atom. The first-order chi connectivity index (χ1) is 7.13. The molecule has 15 heavy (non-hydrogen) atoms. The Bertz CT molecular complexity index is 468. The summed E-state index contributed by atoms with van der Waals surface area (Å²) in [6.45, 7) is 2.97.